The fourth-order valence-electron chi connectivity index (χ4n) is 3.43. The summed E-state index contributed by atoms with van der Waals surface area (Å²) < 4.78 is 52.4. The Bertz CT molecular complexity index is 1150. The summed E-state index contributed by atoms with van der Waals surface area (Å²) in [5, 5.41) is 3.23. The minimum absolute atomic E-state index is 0.0425. The van der Waals surface area contributed by atoms with Crippen molar-refractivity contribution in [2.24, 2.45) is 0 Å². The molecule has 0 aliphatic carbocycles. The van der Waals surface area contributed by atoms with Crippen molar-refractivity contribution in [3.63, 3.8) is 0 Å². The van der Waals surface area contributed by atoms with E-state index in [1.165, 1.54) is 4.90 Å². The van der Waals surface area contributed by atoms with Crippen LogP contribution in [0, 0.1) is 11.6 Å². The Morgan fingerprint density at radius 3 is 2.40 bits per heavy atom. The summed E-state index contributed by atoms with van der Waals surface area (Å²) in [6, 6.07) is 8.98. The number of rotatable bonds is 12. The van der Waals surface area contributed by atoms with Crippen LogP contribution in [0.15, 0.2) is 42.5 Å². The van der Waals surface area contributed by atoms with Crippen LogP contribution in [0.4, 0.5) is 14.5 Å². The van der Waals surface area contributed by atoms with Crippen LogP contribution in [-0.4, -0.2) is 50.5 Å². The summed E-state index contributed by atoms with van der Waals surface area (Å²) in [6.45, 7) is 3.96. The lowest BCUT2D eigenvalue weighted by atomic mass is 10.1. The highest BCUT2D eigenvalue weighted by molar-refractivity contribution is 7.92. The van der Waals surface area contributed by atoms with Gasteiger partial charge in [0.05, 0.1) is 11.9 Å². The van der Waals surface area contributed by atoms with Crippen molar-refractivity contribution < 1.29 is 26.8 Å². The van der Waals surface area contributed by atoms with Gasteiger partial charge >= 0.3 is 0 Å². The van der Waals surface area contributed by atoms with Gasteiger partial charge in [0.2, 0.25) is 21.8 Å². The molecule has 2 aromatic carbocycles. The lowest BCUT2D eigenvalue weighted by Crippen LogP contribution is -2.48. The summed E-state index contributed by atoms with van der Waals surface area (Å²) in [5.74, 6) is -2.96. The third kappa shape index (κ3) is 8.17. The fraction of sp³-hybridized carbons (Fsp3) is 0.417. The molecule has 0 unspecified atom stereocenters. The first-order chi connectivity index (χ1) is 16.5. The molecule has 35 heavy (non-hydrogen) atoms. The van der Waals surface area contributed by atoms with Crippen LogP contribution in [0.5, 0.6) is 0 Å². The Morgan fingerprint density at radius 1 is 1.11 bits per heavy atom. The van der Waals surface area contributed by atoms with E-state index in [0.29, 0.717) is 17.1 Å². The van der Waals surface area contributed by atoms with Crippen molar-refractivity contribution in [2.75, 3.05) is 23.7 Å². The Hall–Kier alpha value is -2.72. The largest absolute Gasteiger partial charge is 0.354 e. The Balaban J connectivity index is 2.18. The van der Waals surface area contributed by atoms with E-state index in [-0.39, 0.29) is 43.4 Å². The Morgan fingerprint density at radius 2 is 1.80 bits per heavy atom. The minimum atomic E-state index is -3.82. The van der Waals surface area contributed by atoms with Crippen LogP contribution in [0.1, 0.15) is 38.7 Å². The molecule has 7 nitrogen and oxygen atoms in total. The molecular weight excluding hydrogens is 500 g/mol. The smallest absolute Gasteiger partial charge is 0.242 e. The number of amides is 2. The molecule has 2 aromatic rings. The summed E-state index contributed by atoms with van der Waals surface area (Å²) in [4.78, 5) is 27.2. The van der Waals surface area contributed by atoms with E-state index in [1.807, 2.05) is 6.92 Å². The number of halogens is 3. The van der Waals surface area contributed by atoms with Gasteiger partial charge in [-0.3, -0.25) is 13.9 Å². The van der Waals surface area contributed by atoms with Crippen LogP contribution in [0.2, 0.25) is 5.02 Å². The molecule has 11 heteroatoms. The third-order valence-electron chi connectivity index (χ3n) is 5.36. The molecule has 0 saturated heterocycles. The van der Waals surface area contributed by atoms with Crippen LogP contribution in [0.3, 0.4) is 0 Å². The van der Waals surface area contributed by atoms with E-state index in [4.69, 9.17) is 11.6 Å². The van der Waals surface area contributed by atoms with Crippen molar-refractivity contribution in [2.45, 2.75) is 45.7 Å². The second kappa shape index (κ2) is 12.8. The van der Waals surface area contributed by atoms with Gasteiger partial charge in [-0.25, -0.2) is 17.2 Å². The molecule has 1 N–H and O–H groups in total. The Labute approximate surface area is 210 Å². The summed E-state index contributed by atoms with van der Waals surface area (Å²) in [5.41, 5.74) is 0.622. The maximum atomic E-state index is 13.7. The number of hydrogen-bond acceptors (Lipinski definition) is 4. The van der Waals surface area contributed by atoms with E-state index in [1.54, 1.807) is 31.2 Å². The molecule has 0 aliphatic heterocycles. The number of carbonyl (C=O) groups excluding carboxylic acids is 2. The molecule has 192 valence electrons. The zero-order chi connectivity index (χ0) is 26.2. The first-order valence-corrected chi connectivity index (χ1v) is 13.4. The first kappa shape index (κ1) is 28.5. The highest BCUT2D eigenvalue weighted by Crippen LogP contribution is 2.22. The molecule has 0 spiro atoms. The molecule has 0 aliphatic rings. The second-order valence-corrected chi connectivity index (χ2v) is 10.4. The van der Waals surface area contributed by atoms with Gasteiger partial charge in [0.25, 0.3) is 0 Å². The summed E-state index contributed by atoms with van der Waals surface area (Å²) in [6.07, 6.45) is 1.70. The molecule has 0 fully saturated rings. The van der Waals surface area contributed by atoms with Gasteiger partial charge in [-0.2, -0.15) is 0 Å². The predicted octanol–water partition coefficient (Wildman–Crippen LogP) is 4.11. The minimum Gasteiger partial charge on any atom is -0.354 e. The molecule has 1 atom stereocenters. The first-order valence-electron chi connectivity index (χ1n) is 11.2. The van der Waals surface area contributed by atoms with Gasteiger partial charge in [-0.15, -0.1) is 0 Å². The zero-order valence-electron chi connectivity index (χ0n) is 19.9. The molecule has 0 heterocycles. The average Bonchev–Trinajstić information content (AvgIpc) is 2.80. The number of sulfonamides is 1. The molecule has 0 radical (unpaired) electrons. The lowest BCUT2D eigenvalue weighted by molar-refractivity contribution is -0.140. The maximum absolute atomic E-state index is 13.7. The maximum Gasteiger partial charge on any atom is 0.242 e. The van der Waals surface area contributed by atoms with Crippen molar-refractivity contribution in [1.29, 1.82) is 0 Å². The predicted molar refractivity (Wildman–Crippen MR) is 133 cm³/mol. The summed E-state index contributed by atoms with van der Waals surface area (Å²) >= 11 is 6.26. The molecule has 0 bridgehead atoms. The number of benzene rings is 2. The Kier molecular flexibility index (Phi) is 10.5. The molecule has 0 saturated carbocycles. The van der Waals surface area contributed by atoms with Crippen molar-refractivity contribution in [3.8, 4) is 0 Å². The van der Waals surface area contributed by atoms with Crippen LogP contribution >= 0.6 is 11.6 Å². The van der Waals surface area contributed by atoms with Gasteiger partial charge in [0.15, 0.2) is 11.6 Å². The topological polar surface area (TPSA) is 86.8 Å². The highest BCUT2D eigenvalue weighted by Gasteiger charge is 2.27. The van der Waals surface area contributed by atoms with Gasteiger partial charge in [0, 0.05) is 37.1 Å². The quantitative estimate of drug-likeness (QED) is 0.448. The van der Waals surface area contributed by atoms with E-state index >= 15 is 0 Å². The lowest BCUT2D eigenvalue weighted by Gasteiger charge is -2.29. The number of nitrogens with one attached hydrogen (secondary N) is 1. The van der Waals surface area contributed by atoms with Crippen molar-refractivity contribution in [3.05, 3.63) is 64.7 Å². The summed E-state index contributed by atoms with van der Waals surface area (Å²) in [7, 11) is -3.82. The highest BCUT2D eigenvalue weighted by atomic mass is 35.5. The van der Waals surface area contributed by atoms with Crippen LogP contribution < -0.4 is 9.62 Å². The van der Waals surface area contributed by atoms with Crippen molar-refractivity contribution >= 4 is 39.1 Å². The van der Waals surface area contributed by atoms with Gasteiger partial charge in [-0.1, -0.05) is 36.7 Å². The number of nitrogens with zero attached hydrogens (tertiary/aromatic N) is 2. The molecule has 2 rings (SSSR count). The number of carbonyl (C=O) groups is 2. The molecular formula is C24H30ClF2N3O4S. The number of hydrogen-bond donors (Lipinski definition) is 1. The van der Waals surface area contributed by atoms with E-state index < -0.39 is 27.7 Å². The second-order valence-electron chi connectivity index (χ2n) is 8.12. The fourth-order valence-corrected chi connectivity index (χ4v) is 4.59. The van der Waals surface area contributed by atoms with Gasteiger partial charge < -0.3 is 10.2 Å². The monoisotopic (exact) mass is 529 g/mol. The van der Waals surface area contributed by atoms with Gasteiger partial charge in [0.1, 0.15) is 6.04 Å². The van der Waals surface area contributed by atoms with E-state index in [0.717, 1.165) is 35.2 Å². The SMILES string of the molecule is CCCNC(=O)[C@H](C)N(Cc1ccccc1Cl)C(=O)CCCN(c1ccc(F)c(F)c1)S(C)(=O)=O. The van der Waals surface area contributed by atoms with E-state index in [2.05, 4.69) is 5.32 Å². The zero-order valence-corrected chi connectivity index (χ0v) is 21.5. The number of anilines is 1. The average molecular weight is 530 g/mol. The standard InChI is InChI=1S/C24H30ClF2N3O4S/c1-4-13-28-24(32)17(2)29(16-18-8-5-6-9-20(18)25)23(31)10-7-14-30(35(3,33)34)19-11-12-21(26)22(27)15-19/h5-6,8-9,11-12,15,17H,4,7,10,13-14,16H2,1-3H3,(H,28,32)/t17-/m0/s1. The van der Waals surface area contributed by atoms with Crippen LogP contribution in [-0.2, 0) is 26.2 Å². The molecule has 2 amide bonds. The van der Waals surface area contributed by atoms with E-state index in [9.17, 15) is 26.8 Å². The molecule has 0 aromatic heterocycles. The normalized spacial score (nSPS) is 12.2. The van der Waals surface area contributed by atoms with Crippen molar-refractivity contribution in [1.82, 2.24) is 10.2 Å². The van der Waals surface area contributed by atoms with Gasteiger partial charge in [-0.05, 0) is 43.5 Å². The van der Waals surface area contributed by atoms with Crippen LogP contribution in [0.25, 0.3) is 0 Å². The third-order valence-corrected chi connectivity index (χ3v) is 6.92.